The van der Waals surface area contributed by atoms with Gasteiger partial charge in [-0.3, -0.25) is 4.79 Å². The van der Waals surface area contributed by atoms with E-state index in [0.717, 1.165) is 11.9 Å². The summed E-state index contributed by atoms with van der Waals surface area (Å²) in [4.78, 5) is 14.9. The van der Waals surface area contributed by atoms with E-state index >= 15 is 0 Å². The van der Waals surface area contributed by atoms with Crippen LogP contribution in [0, 0.1) is 0 Å². The first kappa shape index (κ1) is 11.5. The average Bonchev–Trinajstić information content (AvgIpc) is 3.08. The number of H-pyrrole nitrogens is 2. The number of hydrogen-bond acceptors (Lipinski definition) is 3. The van der Waals surface area contributed by atoms with Crippen LogP contribution in [0.15, 0.2) is 36.7 Å². The fourth-order valence-corrected chi connectivity index (χ4v) is 2.05. The Balaban J connectivity index is 1.62. The van der Waals surface area contributed by atoms with Crippen LogP contribution >= 0.6 is 0 Å². The molecule has 1 aromatic carbocycles. The van der Waals surface area contributed by atoms with Crippen molar-refractivity contribution < 1.29 is 4.79 Å². The molecule has 0 aliphatic carbocycles. The lowest BCUT2D eigenvalue weighted by molar-refractivity contribution is 0.0949. The van der Waals surface area contributed by atoms with E-state index in [-0.39, 0.29) is 5.91 Å². The van der Waals surface area contributed by atoms with E-state index in [1.54, 1.807) is 0 Å². The number of para-hydroxylation sites is 1. The lowest BCUT2D eigenvalue weighted by Gasteiger charge is -2.02. The van der Waals surface area contributed by atoms with Crippen LogP contribution in [-0.4, -0.2) is 32.8 Å². The van der Waals surface area contributed by atoms with Crippen LogP contribution in [0.1, 0.15) is 16.1 Å². The van der Waals surface area contributed by atoms with Crippen molar-refractivity contribution in [2.24, 2.45) is 0 Å². The maximum absolute atomic E-state index is 11.7. The van der Waals surface area contributed by atoms with Crippen molar-refractivity contribution in [3.8, 4) is 0 Å². The number of nitrogens with one attached hydrogen (secondary N) is 3. The fourth-order valence-electron chi connectivity index (χ4n) is 2.05. The predicted octanol–water partition coefficient (Wildman–Crippen LogP) is 1.26. The lowest BCUT2D eigenvalue weighted by atomic mass is 10.1. The summed E-state index contributed by atoms with van der Waals surface area (Å²) in [6, 6.07) is 8.11. The van der Waals surface area contributed by atoms with Gasteiger partial charge in [0.05, 0.1) is 6.20 Å². The molecule has 96 valence electrons. The van der Waals surface area contributed by atoms with E-state index in [9.17, 15) is 4.79 Å². The molecule has 0 saturated heterocycles. The maximum atomic E-state index is 11.7. The number of aromatic amines is 2. The zero-order valence-electron chi connectivity index (χ0n) is 10.2. The summed E-state index contributed by atoms with van der Waals surface area (Å²) in [7, 11) is 0. The van der Waals surface area contributed by atoms with E-state index in [1.807, 2.05) is 24.4 Å². The van der Waals surface area contributed by atoms with Crippen LogP contribution in [0.4, 0.5) is 0 Å². The van der Waals surface area contributed by atoms with Gasteiger partial charge >= 0.3 is 0 Å². The minimum Gasteiger partial charge on any atom is -0.361 e. The summed E-state index contributed by atoms with van der Waals surface area (Å²) in [6.07, 6.45) is 4.15. The Morgan fingerprint density at radius 3 is 3.05 bits per heavy atom. The standard InChI is InChI=1S/C13H13N5O/c19-13(12-8-16-18-17-12)14-6-5-9-7-15-11-4-2-1-3-10(9)11/h1-4,7-8,15H,5-6H2,(H,14,19)(H,16,17,18). The van der Waals surface area contributed by atoms with Gasteiger partial charge in [0.25, 0.3) is 5.91 Å². The molecule has 0 radical (unpaired) electrons. The molecule has 0 spiro atoms. The monoisotopic (exact) mass is 255 g/mol. The summed E-state index contributed by atoms with van der Waals surface area (Å²) in [6.45, 7) is 0.563. The molecular formula is C13H13N5O. The largest absolute Gasteiger partial charge is 0.361 e. The smallest absolute Gasteiger partial charge is 0.273 e. The van der Waals surface area contributed by atoms with Crippen molar-refractivity contribution in [3.05, 3.63) is 47.9 Å². The van der Waals surface area contributed by atoms with E-state index in [2.05, 4.69) is 31.8 Å². The number of carbonyl (C=O) groups excluding carboxylic acids is 1. The van der Waals surface area contributed by atoms with Crippen LogP contribution in [-0.2, 0) is 6.42 Å². The molecule has 19 heavy (non-hydrogen) atoms. The SMILES string of the molecule is O=C(NCCc1c[nH]c2ccccc12)c1cn[nH]n1. The summed E-state index contributed by atoms with van der Waals surface area (Å²) < 4.78 is 0. The van der Waals surface area contributed by atoms with E-state index in [1.165, 1.54) is 17.1 Å². The first-order valence-corrected chi connectivity index (χ1v) is 6.03. The highest BCUT2D eigenvalue weighted by Crippen LogP contribution is 2.17. The van der Waals surface area contributed by atoms with Gasteiger partial charge in [-0.15, -0.1) is 0 Å². The van der Waals surface area contributed by atoms with Gasteiger partial charge < -0.3 is 10.3 Å². The molecule has 3 N–H and O–H groups in total. The van der Waals surface area contributed by atoms with E-state index in [4.69, 9.17) is 0 Å². The van der Waals surface area contributed by atoms with Crippen LogP contribution in [0.3, 0.4) is 0 Å². The first-order valence-electron chi connectivity index (χ1n) is 6.03. The Labute approximate surface area is 109 Å². The second kappa shape index (κ2) is 4.93. The second-order valence-corrected chi connectivity index (χ2v) is 4.22. The molecule has 0 fully saturated rings. The molecule has 0 bridgehead atoms. The molecule has 0 aliphatic rings. The number of benzene rings is 1. The molecule has 2 aromatic heterocycles. The predicted molar refractivity (Wildman–Crippen MR) is 70.7 cm³/mol. The number of rotatable bonds is 4. The quantitative estimate of drug-likeness (QED) is 0.656. The van der Waals surface area contributed by atoms with Crippen molar-refractivity contribution in [2.75, 3.05) is 6.54 Å². The van der Waals surface area contributed by atoms with Crippen molar-refractivity contribution in [2.45, 2.75) is 6.42 Å². The third kappa shape index (κ3) is 2.33. The van der Waals surface area contributed by atoms with Crippen molar-refractivity contribution in [1.82, 2.24) is 25.7 Å². The van der Waals surface area contributed by atoms with Gasteiger partial charge in [-0.05, 0) is 18.1 Å². The number of hydrogen-bond donors (Lipinski definition) is 3. The number of carbonyl (C=O) groups is 1. The number of aromatic nitrogens is 4. The zero-order valence-corrected chi connectivity index (χ0v) is 10.2. The molecule has 3 rings (SSSR count). The fraction of sp³-hybridized carbons (Fsp3) is 0.154. The Morgan fingerprint density at radius 2 is 2.21 bits per heavy atom. The van der Waals surface area contributed by atoms with Gasteiger partial charge in [0.2, 0.25) is 0 Å². The Hall–Kier alpha value is -2.63. The van der Waals surface area contributed by atoms with Gasteiger partial charge in [-0.25, -0.2) is 0 Å². The molecule has 0 saturated carbocycles. The number of amides is 1. The highest BCUT2D eigenvalue weighted by molar-refractivity contribution is 5.91. The van der Waals surface area contributed by atoms with Gasteiger partial charge in [-0.2, -0.15) is 15.4 Å². The molecule has 1 amide bonds. The molecule has 6 heteroatoms. The topological polar surface area (TPSA) is 86.5 Å². The van der Waals surface area contributed by atoms with Crippen molar-refractivity contribution >= 4 is 16.8 Å². The number of fused-ring (bicyclic) bond motifs is 1. The van der Waals surface area contributed by atoms with E-state index < -0.39 is 0 Å². The zero-order chi connectivity index (χ0) is 13.1. The molecule has 6 nitrogen and oxygen atoms in total. The van der Waals surface area contributed by atoms with Crippen LogP contribution in [0.2, 0.25) is 0 Å². The normalized spacial score (nSPS) is 10.7. The van der Waals surface area contributed by atoms with Crippen molar-refractivity contribution in [3.63, 3.8) is 0 Å². The van der Waals surface area contributed by atoms with Crippen molar-refractivity contribution in [1.29, 1.82) is 0 Å². The third-order valence-corrected chi connectivity index (χ3v) is 3.00. The minimum absolute atomic E-state index is 0.214. The Bertz CT molecular complexity index is 686. The highest BCUT2D eigenvalue weighted by atomic mass is 16.1. The summed E-state index contributed by atoms with van der Waals surface area (Å²) in [5, 5.41) is 13.7. The maximum Gasteiger partial charge on any atom is 0.273 e. The third-order valence-electron chi connectivity index (χ3n) is 3.00. The van der Waals surface area contributed by atoms with Crippen LogP contribution in [0.5, 0.6) is 0 Å². The molecule has 0 unspecified atom stereocenters. The summed E-state index contributed by atoms with van der Waals surface area (Å²) >= 11 is 0. The summed E-state index contributed by atoms with van der Waals surface area (Å²) in [5.74, 6) is -0.214. The molecule has 0 atom stereocenters. The highest BCUT2D eigenvalue weighted by Gasteiger charge is 2.08. The first-order chi connectivity index (χ1) is 9.34. The molecular weight excluding hydrogens is 242 g/mol. The van der Waals surface area contributed by atoms with Gasteiger partial charge in [0.15, 0.2) is 5.69 Å². The Morgan fingerprint density at radius 1 is 1.32 bits per heavy atom. The van der Waals surface area contributed by atoms with E-state index in [0.29, 0.717) is 12.2 Å². The van der Waals surface area contributed by atoms with Crippen LogP contribution < -0.4 is 5.32 Å². The van der Waals surface area contributed by atoms with Gasteiger partial charge in [-0.1, -0.05) is 18.2 Å². The Kier molecular flexibility index (Phi) is 2.97. The van der Waals surface area contributed by atoms with Gasteiger partial charge in [0.1, 0.15) is 0 Å². The molecule has 2 heterocycles. The summed E-state index contributed by atoms with van der Waals surface area (Å²) in [5.41, 5.74) is 2.61. The minimum atomic E-state index is -0.214. The van der Waals surface area contributed by atoms with Crippen LogP contribution in [0.25, 0.3) is 10.9 Å². The molecule has 3 aromatic rings. The lowest BCUT2D eigenvalue weighted by Crippen LogP contribution is -2.25. The number of nitrogens with zero attached hydrogens (tertiary/aromatic N) is 2. The molecule has 0 aliphatic heterocycles. The average molecular weight is 255 g/mol. The second-order valence-electron chi connectivity index (χ2n) is 4.22. The van der Waals surface area contributed by atoms with Gasteiger partial charge in [0, 0.05) is 23.6 Å².